The first-order valence-electron chi connectivity index (χ1n) is 9.52. The molecular weight excluding hydrogens is 338 g/mol. The molecule has 0 saturated carbocycles. The molecule has 1 saturated heterocycles. The molecule has 1 aliphatic rings. The first-order chi connectivity index (χ1) is 12.6. The fourth-order valence-electron chi connectivity index (χ4n) is 3.32. The van der Waals surface area contributed by atoms with Gasteiger partial charge in [0.1, 0.15) is 0 Å². The molecule has 4 heteroatoms. The van der Waals surface area contributed by atoms with Crippen LogP contribution >= 0.6 is 12.2 Å². The topological polar surface area (TPSA) is 27.3 Å². The predicted molar refractivity (Wildman–Crippen MR) is 115 cm³/mol. The van der Waals surface area contributed by atoms with Gasteiger partial charge in [0.25, 0.3) is 0 Å². The molecule has 0 aliphatic carbocycles. The van der Waals surface area contributed by atoms with E-state index in [2.05, 4.69) is 71.8 Å². The van der Waals surface area contributed by atoms with Crippen molar-refractivity contribution < 1.29 is 0 Å². The van der Waals surface area contributed by atoms with E-state index in [1.165, 1.54) is 54.6 Å². The Bertz CT molecular complexity index is 734. The van der Waals surface area contributed by atoms with Crippen molar-refractivity contribution in [3.05, 3.63) is 64.7 Å². The van der Waals surface area contributed by atoms with E-state index in [0.29, 0.717) is 5.11 Å². The van der Waals surface area contributed by atoms with Crippen LogP contribution in [-0.4, -0.2) is 23.1 Å². The van der Waals surface area contributed by atoms with Gasteiger partial charge in [0, 0.05) is 18.8 Å². The smallest absolute Gasteiger partial charge is 0.171 e. The minimum Gasteiger partial charge on any atom is -0.358 e. The van der Waals surface area contributed by atoms with Gasteiger partial charge in [-0.15, -0.1) is 0 Å². The van der Waals surface area contributed by atoms with Crippen molar-refractivity contribution in [2.24, 2.45) is 0 Å². The number of thiocarbonyl (C=S) groups is 1. The number of rotatable bonds is 5. The van der Waals surface area contributed by atoms with Crippen LogP contribution in [0.4, 0.5) is 5.69 Å². The molecule has 0 amide bonds. The number of anilines is 1. The van der Waals surface area contributed by atoms with Crippen LogP contribution in [0.25, 0.3) is 0 Å². The van der Waals surface area contributed by atoms with Gasteiger partial charge in [0.15, 0.2) is 5.11 Å². The second-order valence-electron chi connectivity index (χ2n) is 7.26. The number of aryl methyl sites for hydroxylation is 2. The zero-order chi connectivity index (χ0) is 18.4. The summed E-state index contributed by atoms with van der Waals surface area (Å²) in [5.41, 5.74) is 6.23. The highest BCUT2D eigenvalue weighted by atomic mass is 32.1. The number of hydrogen-bond acceptors (Lipinski definition) is 2. The van der Waals surface area contributed by atoms with Crippen LogP contribution in [0.15, 0.2) is 42.5 Å². The summed E-state index contributed by atoms with van der Waals surface area (Å²) in [6.45, 7) is 8.51. The van der Waals surface area contributed by atoms with Crippen molar-refractivity contribution in [3.63, 3.8) is 0 Å². The Morgan fingerprint density at radius 1 is 0.923 bits per heavy atom. The van der Waals surface area contributed by atoms with Gasteiger partial charge in [-0.05, 0) is 86.4 Å². The summed E-state index contributed by atoms with van der Waals surface area (Å²) in [4.78, 5) is 2.55. The molecular formula is C22H29N3S. The monoisotopic (exact) mass is 367 g/mol. The molecule has 0 atom stereocenters. The molecule has 26 heavy (non-hydrogen) atoms. The van der Waals surface area contributed by atoms with Crippen LogP contribution in [-0.2, 0) is 13.1 Å². The van der Waals surface area contributed by atoms with Crippen LogP contribution in [0.5, 0.6) is 0 Å². The first-order valence-corrected chi connectivity index (χ1v) is 9.93. The Hall–Kier alpha value is -1.91. The van der Waals surface area contributed by atoms with Crippen LogP contribution in [0.1, 0.15) is 41.5 Å². The first kappa shape index (κ1) is 18.9. The Balaban J connectivity index is 1.46. The van der Waals surface area contributed by atoms with Gasteiger partial charge < -0.3 is 10.6 Å². The molecule has 3 nitrogen and oxygen atoms in total. The minimum atomic E-state index is 0.658. The van der Waals surface area contributed by atoms with Gasteiger partial charge in [-0.1, -0.05) is 36.8 Å². The summed E-state index contributed by atoms with van der Waals surface area (Å²) >= 11 is 5.42. The van der Waals surface area contributed by atoms with Crippen LogP contribution < -0.4 is 10.6 Å². The Kier molecular flexibility index (Phi) is 6.64. The molecule has 3 rings (SSSR count). The van der Waals surface area contributed by atoms with E-state index in [1.807, 2.05) is 0 Å². The largest absolute Gasteiger partial charge is 0.358 e. The lowest BCUT2D eigenvalue weighted by atomic mass is 10.1. The lowest BCUT2D eigenvalue weighted by Crippen LogP contribution is -2.29. The molecule has 0 radical (unpaired) electrons. The Morgan fingerprint density at radius 3 is 2.31 bits per heavy atom. The maximum Gasteiger partial charge on any atom is 0.171 e. The van der Waals surface area contributed by atoms with Gasteiger partial charge in [0.2, 0.25) is 0 Å². The van der Waals surface area contributed by atoms with E-state index in [-0.39, 0.29) is 0 Å². The van der Waals surface area contributed by atoms with E-state index >= 15 is 0 Å². The van der Waals surface area contributed by atoms with E-state index in [9.17, 15) is 0 Å². The normalized spacial score (nSPS) is 14.8. The summed E-state index contributed by atoms with van der Waals surface area (Å²) in [6, 6.07) is 15.2. The predicted octanol–water partition coefficient (Wildman–Crippen LogP) is 4.78. The average molecular weight is 368 g/mol. The third-order valence-corrected chi connectivity index (χ3v) is 5.34. The molecule has 1 aliphatic heterocycles. The van der Waals surface area contributed by atoms with E-state index < -0.39 is 0 Å². The summed E-state index contributed by atoms with van der Waals surface area (Å²) in [5.74, 6) is 0. The molecule has 2 N–H and O–H groups in total. The van der Waals surface area contributed by atoms with E-state index in [4.69, 9.17) is 12.2 Å². The number of likely N-dealkylation sites (tertiary alicyclic amines) is 1. The second kappa shape index (κ2) is 9.15. The van der Waals surface area contributed by atoms with Crippen LogP contribution in [0.3, 0.4) is 0 Å². The number of benzene rings is 2. The Labute approximate surface area is 162 Å². The lowest BCUT2D eigenvalue weighted by molar-refractivity contribution is 0.221. The highest BCUT2D eigenvalue weighted by molar-refractivity contribution is 7.80. The highest BCUT2D eigenvalue weighted by Crippen LogP contribution is 2.15. The zero-order valence-electron chi connectivity index (χ0n) is 15.8. The van der Waals surface area contributed by atoms with Gasteiger partial charge in [-0.25, -0.2) is 0 Å². The van der Waals surface area contributed by atoms with Crippen LogP contribution in [0, 0.1) is 13.8 Å². The van der Waals surface area contributed by atoms with Gasteiger partial charge in [-0.3, -0.25) is 4.90 Å². The number of hydrogen-bond donors (Lipinski definition) is 2. The van der Waals surface area contributed by atoms with Gasteiger partial charge in [0.05, 0.1) is 0 Å². The van der Waals surface area contributed by atoms with Crippen molar-refractivity contribution in [2.45, 2.75) is 46.2 Å². The molecule has 1 heterocycles. The zero-order valence-corrected chi connectivity index (χ0v) is 16.7. The van der Waals surface area contributed by atoms with Crippen molar-refractivity contribution in [1.29, 1.82) is 0 Å². The van der Waals surface area contributed by atoms with Crippen molar-refractivity contribution >= 4 is 23.0 Å². The summed E-state index contributed by atoms with van der Waals surface area (Å²) in [6.07, 6.45) is 4.07. The lowest BCUT2D eigenvalue weighted by Gasteiger charge is -2.26. The highest BCUT2D eigenvalue weighted by Gasteiger charge is 2.10. The molecule has 0 spiro atoms. The van der Waals surface area contributed by atoms with Crippen molar-refractivity contribution in [2.75, 3.05) is 18.4 Å². The molecule has 0 unspecified atom stereocenters. The number of piperidine rings is 1. The fraction of sp³-hybridized carbons (Fsp3) is 0.409. The van der Waals surface area contributed by atoms with Gasteiger partial charge >= 0.3 is 0 Å². The maximum atomic E-state index is 5.42. The molecule has 2 aromatic carbocycles. The number of nitrogens with zero attached hydrogens (tertiary/aromatic N) is 1. The quantitative estimate of drug-likeness (QED) is 0.744. The van der Waals surface area contributed by atoms with E-state index in [0.717, 1.165) is 18.8 Å². The van der Waals surface area contributed by atoms with Crippen molar-refractivity contribution in [1.82, 2.24) is 10.2 Å². The standard InChI is InChI=1S/C22H29N3S/c1-17-6-11-21(14-18(17)2)24-22(26)23-15-19-7-9-20(10-8-19)16-25-12-4-3-5-13-25/h6-11,14H,3-5,12-13,15-16H2,1-2H3,(H2,23,24,26). The molecule has 2 aromatic rings. The molecule has 138 valence electrons. The van der Waals surface area contributed by atoms with E-state index in [1.54, 1.807) is 0 Å². The van der Waals surface area contributed by atoms with Crippen LogP contribution in [0.2, 0.25) is 0 Å². The third kappa shape index (κ3) is 5.55. The summed E-state index contributed by atoms with van der Waals surface area (Å²) in [5, 5.41) is 7.21. The van der Waals surface area contributed by atoms with Gasteiger partial charge in [-0.2, -0.15) is 0 Å². The number of nitrogens with one attached hydrogen (secondary N) is 2. The van der Waals surface area contributed by atoms with Crippen molar-refractivity contribution in [3.8, 4) is 0 Å². The molecule has 0 aromatic heterocycles. The summed E-state index contributed by atoms with van der Waals surface area (Å²) in [7, 11) is 0. The second-order valence-corrected chi connectivity index (χ2v) is 7.67. The Morgan fingerprint density at radius 2 is 1.62 bits per heavy atom. The summed E-state index contributed by atoms with van der Waals surface area (Å²) < 4.78 is 0. The fourth-order valence-corrected chi connectivity index (χ4v) is 3.51. The molecule has 1 fully saturated rings. The third-order valence-electron chi connectivity index (χ3n) is 5.10. The SMILES string of the molecule is Cc1ccc(NC(=S)NCc2ccc(CN3CCCCC3)cc2)cc1C. The average Bonchev–Trinajstić information content (AvgIpc) is 2.65. The minimum absolute atomic E-state index is 0.658. The molecule has 0 bridgehead atoms. The maximum absolute atomic E-state index is 5.42.